The molecule has 1 rings (SSSR count). The third kappa shape index (κ3) is 4.36. The summed E-state index contributed by atoms with van der Waals surface area (Å²) >= 11 is 0. The molecule has 8 nitrogen and oxygen atoms in total. The number of carbonyl (C=O) groups is 3. The minimum atomic E-state index is -2.70. The van der Waals surface area contributed by atoms with Gasteiger partial charge in [-0.15, -0.1) is 0 Å². The molecule has 0 aromatic carbocycles. The molecule has 8 heteroatoms. The number of aliphatic carboxylic acids is 2. The van der Waals surface area contributed by atoms with Crippen LogP contribution in [-0.4, -0.2) is 43.8 Å². The third-order valence-corrected chi connectivity index (χ3v) is 2.16. The Morgan fingerprint density at radius 2 is 1.74 bits per heavy atom. The Kier molecular flexibility index (Phi) is 4.54. The largest absolute Gasteiger partial charge is 0.481 e. The van der Waals surface area contributed by atoms with Crippen LogP contribution >= 0.6 is 0 Å². The Morgan fingerprint density at radius 3 is 2.21 bits per heavy atom. The number of ether oxygens (including phenoxy) is 1. The maximum atomic E-state index is 11.5. The van der Waals surface area contributed by atoms with Crippen molar-refractivity contribution < 1.29 is 34.4 Å². The molecule has 0 amide bonds. The Labute approximate surface area is 107 Å². The minimum absolute atomic E-state index is 0.114. The van der Waals surface area contributed by atoms with E-state index in [-0.39, 0.29) is 5.75 Å². The zero-order valence-electron chi connectivity index (χ0n) is 9.65. The number of aromatic nitrogens is 1. The molecule has 0 spiro atoms. The maximum absolute atomic E-state index is 11.5. The lowest BCUT2D eigenvalue weighted by molar-refractivity contribution is -0.169. The van der Waals surface area contributed by atoms with E-state index in [0.29, 0.717) is 0 Å². The van der Waals surface area contributed by atoms with Crippen molar-refractivity contribution in [1.29, 1.82) is 0 Å². The first-order valence-corrected chi connectivity index (χ1v) is 5.12. The zero-order valence-corrected chi connectivity index (χ0v) is 9.65. The van der Waals surface area contributed by atoms with E-state index in [0.717, 1.165) is 0 Å². The summed E-state index contributed by atoms with van der Waals surface area (Å²) in [6.07, 6.45) is 0.622. The number of aliphatic hydroxyl groups is 1. The van der Waals surface area contributed by atoms with E-state index in [2.05, 4.69) is 4.98 Å². The van der Waals surface area contributed by atoms with Crippen LogP contribution in [0.15, 0.2) is 24.5 Å². The average molecular weight is 269 g/mol. The van der Waals surface area contributed by atoms with Crippen molar-refractivity contribution in [3.8, 4) is 5.75 Å². The summed E-state index contributed by atoms with van der Waals surface area (Å²) in [5, 5.41) is 26.9. The lowest BCUT2D eigenvalue weighted by atomic mass is 9.96. The van der Waals surface area contributed by atoms with Gasteiger partial charge in [-0.2, -0.15) is 0 Å². The predicted octanol–water partition coefficient (Wildman–Crippen LogP) is -0.333. The van der Waals surface area contributed by atoms with Crippen LogP contribution in [0, 0.1) is 0 Å². The Bertz CT molecular complexity index is 487. The number of nitrogens with zero attached hydrogens (tertiary/aromatic N) is 1. The number of hydrogen-bond acceptors (Lipinski definition) is 6. The summed E-state index contributed by atoms with van der Waals surface area (Å²) in [6, 6.07) is 2.71. The summed E-state index contributed by atoms with van der Waals surface area (Å²) in [4.78, 5) is 36.4. The molecule has 19 heavy (non-hydrogen) atoms. The van der Waals surface area contributed by atoms with Gasteiger partial charge in [0, 0.05) is 12.4 Å². The second-order valence-electron chi connectivity index (χ2n) is 3.74. The van der Waals surface area contributed by atoms with E-state index in [9.17, 15) is 19.5 Å². The number of carbonyl (C=O) groups excluding carboxylic acids is 1. The van der Waals surface area contributed by atoms with Crippen molar-refractivity contribution in [2.24, 2.45) is 0 Å². The summed E-state index contributed by atoms with van der Waals surface area (Å²) in [5.41, 5.74) is -2.70. The Balaban J connectivity index is 2.72. The summed E-state index contributed by atoms with van der Waals surface area (Å²) in [6.45, 7) is 0. The summed E-state index contributed by atoms with van der Waals surface area (Å²) in [5.74, 6) is -4.29. The van der Waals surface area contributed by atoms with Gasteiger partial charge in [0.15, 0.2) is 5.60 Å². The lowest BCUT2D eigenvalue weighted by Crippen LogP contribution is -2.43. The van der Waals surface area contributed by atoms with Crippen LogP contribution in [0.5, 0.6) is 5.75 Å². The second kappa shape index (κ2) is 5.91. The van der Waals surface area contributed by atoms with Gasteiger partial charge in [0.05, 0.1) is 12.8 Å². The second-order valence-corrected chi connectivity index (χ2v) is 3.74. The van der Waals surface area contributed by atoms with Crippen LogP contribution < -0.4 is 4.74 Å². The number of carboxylic acid groups (broad SMARTS) is 2. The lowest BCUT2D eigenvalue weighted by Gasteiger charge is -2.19. The Morgan fingerprint density at radius 1 is 1.16 bits per heavy atom. The van der Waals surface area contributed by atoms with Crippen molar-refractivity contribution in [2.75, 3.05) is 0 Å². The number of rotatable bonds is 6. The first kappa shape index (κ1) is 14.6. The molecule has 0 saturated heterocycles. The number of carboxylic acids is 2. The SMILES string of the molecule is O=C(O)CC(O)(CC(=O)Oc1ccncc1)C(=O)O. The molecule has 1 aromatic rings. The van der Waals surface area contributed by atoms with Gasteiger partial charge < -0.3 is 20.1 Å². The zero-order chi connectivity index (χ0) is 14.5. The van der Waals surface area contributed by atoms with Gasteiger partial charge in [-0.1, -0.05) is 0 Å². The average Bonchev–Trinajstić information content (AvgIpc) is 2.28. The third-order valence-electron chi connectivity index (χ3n) is 2.16. The van der Waals surface area contributed by atoms with Gasteiger partial charge in [-0.25, -0.2) is 4.79 Å². The van der Waals surface area contributed by atoms with Gasteiger partial charge in [0.25, 0.3) is 0 Å². The molecule has 102 valence electrons. The van der Waals surface area contributed by atoms with Crippen LogP contribution in [-0.2, 0) is 14.4 Å². The van der Waals surface area contributed by atoms with Gasteiger partial charge in [-0.05, 0) is 12.1 Å². The standard InChI is InChI=1S/C11H11NO7/c13-8(14)5-11(18,10(16)17)6-9(15)19-7-1-3-12-4-2-7/h1-4,18H,5-6H2,(H,13,14)(H,16,17). The van der Waals surface area contributed by atoms with Gasteiger partial charge in [0.1, 0.15) is 5.75 Å². The Hall–Kier alpha value is -2.48. The fraction of sp³-hybridized carbons (Fsp3) is 0.273. The highest BCUT2D eigenvalue weighted by Crippen LogP contribution is 2.18. The monoisotopic (exact) mass is 269 g/mol. The molecule has 1 heterocycles. The molecule has 0 fully saturated rings. The van der Waals surface area contributed by atoms with Crippen LogP contribution in [0.3, 0.4) is 0 Å². The van der Waals surface area contributed by atoms with E-state index in [1.54, 1.807) is 0 Å². The number of pyridine rings is 1. The fourth-order valence-electron chi connectivity index (χ4n) is 1.28. The molecule has 0 saturated carbocycles. The molecule has 0 aliphatic rings. The van der Waals surface area contributed by atoms with Crippen molar-refractivity contribution in [3.63, 3.8) is 0 Å². The molecule has 0 aliphatic carbocycles. The van der Waals surface area contributed by atoms with Crippen LogP contribution in [0.25, 0.3) is 0 Å². The number of esters is 1. The van der Waals surface area contributed by atoms with Crippen molar-refractivity contribution >= 4 is 17.9 Å². The van der Waals surface area contributed by atoms with Crippen LogP contribution in [0.1, 0.15) is 12.8 Å². The molecule has 1 aromatic heterocycles. The van der Waals surface area contributed by atoms with Gasteiger partial charge in [0.2, 0.25) is 0 Å². The fourth-order valence-corrected chi connectivity index (χ4v) is 1.28. The van der Waals surface area contributed by atoms with Crippen molar-refractivity contribution in [1.82, 2.24) is 4.98 Å². The quantitative estimate of drug-likeness (QED) is 0.597. The highest BCUT2D eigenvalue weighted by molar-refractivity contribution is 5.89. The first-order chi connectivity index (χ1) is 8.83. The molecule has 1 atom stereocenters. The van der Waals surface area contributed by atoms with Crippen molar-refractivity contribution in [3.05, 3.63) is 24.5 Å². The van der Waals surface area contributed by atoms with Crippen LogP contribution in [0.2, 0.25) is 0 Å². The maximum Gasteiger partial charge on any atom is 0.336 e. The molecule has 0 bridgehead atoms. The number of hydrogen-bond donors (Lipinski definition) is 3. The summed E-state index contributed by atoms with van der Waals surface area (Å²) < 4.78 is 4.75. The topological polar surface area (TPSA) is 134 Å². The predicted molar refractivity (Wildman–Crippen MR) is 59.3 cm³/mol. The highest BCUT2D eigenvalue weighted by Gasteiger charge is 2.41. The normalized spacial score (nSPS) is 13.3. The molecule has 0 radical (unpaired) electrons. The van der Waals surface area contributed by atoms with E-state index in [1.807, 2.05) is 0 Å². The molecular formula is C11H11NO7. The van der Waals surface area contributed by atoms with Gasteiger partial charge in [-0.3, -0.25) is 14.6 Å². The highest BCUT2D eigenvalue weighted by atomic mass is 16.5. The first-order valence-electron chi connectivity index (χ1n) is 5.12. The van der Waals surface area contributed by atoms with E-state index in [1.165, 1.54) is 24.5 Å². The van der Waals surface area contributed by atoms with Crippen LogP contribution in [0.4, 0.5) is 0 Å². The van der Waals surface area contributed by atoms with E-state index >= 15 is 0 Å². The summed E-state index contributed by atoms with van der Waals surface area (Å²) in [7, 11) is 0. The van der Waals surface area contributed by atoms with Crippen molar-refractivity contribution in [2.45, 2.75) is 18.4 Å². The molecule has 3 N–H and O–H groups in total. The molecular weight excluding hydrogens is 258 g/mol. The molecule has 1 unspecified atom stereocenters. The minimum Gasteiger partial charge on any atom is -0.481 e. The molecule has 0 aliphatic heterocycles. The van der Waals surface area contributed by atoms with E-state index in [4.69, 9.17) is 14.9 Å². The smallest absolute Gasteiger partial charge is 0.336 e. The van der Waals surface area contributed by atoms with Gasteiger partial charge >= 0.3 is 17.9 Å². The van der Waals surface area contributed by atoms with E-state index < -0.39 is 36.4 Å².